The van der Waals surface area contributed by atoms with E-state index in [0.29, 0.717) is 12.0 Å². The van der Waals surface area contributed by atoms with E-state index in [9.17, 15) is 23.6 Å². The molecule has 2 aliphatic rings. The zero-order valence-electron chi connectivity index (χ0n) is 17.2. The van der Waals surface area contributed by atoms with Gasteiger partial charge in [-0.1, -0.05) is 38.0 Å². The molecule has 4 amide bonds. The third kappa shape index (κ3) is 4.29. The highest BCUT2D eigenvalue weighted by molar-refractivity contribution is 6.09. The van der Waals surface area contributed by atoms with Crippen molar-refractivity contribution in [3.05, 3.63) is 35.6 Å². The van der Waals surface area contributed by atoms with Gasteiger partial charge < -0.3 is 15.0 Å². The van der Waals surface area contributed by atoms with Gasteiger partial charge in [0, 0.05) is 19.2 Å². The van der Waals surface area contributed by atoms with E-state index >= 15 is 0 Å². The van der Waals surface area contributed by atoms with Gasteiger partial charge in [0.15, 0.2) is 6.61 Å². The quantitative estimate of drug-likeness (QED) is 0.561. The third-order valence-corrected chi connectivity index (χ3v) is 5.94. The van der Waals surface area contributed by atoms with Crippen molar-refractivity contribution < 1.29 is 28.3 Å². The number of hydrogen-bond acceptors (Lipinski definition) is 5. The minimum absolute atomic E-state index is 0.0164. The third-order valence-electron chi connectivity index (χ3n) is 5.94. The zero-order valence-corrected chi connectivity index (χ0v) is 17.2. The van der Waals surface area contributed by atoms with Crippen molar-refractivity contribution in [3.8, 4) is 0 Å². The molecule has 8 nitrogen and oxygen atoms in total. The van der Waals surface area contributed by atoms with Crippen LogP contribution in [0.3, 0.4) is 0 Å². The van der Waals surface area contributed by atoms with Crippen molar-refractivity contribution in [1.82, 2.24) is 15.1 Å². The Bertz CT molecular complexity index is 861. The predicted octanol–water partition coefficient (Wildman–Crippen LogP) is 1.83. The molecule has 2 fully saturated rings. The molecule has 1 spiro atoms. The SMILES string of the molecule is C[C@@H]1CCCC[C@]12NC(=O)N(CC(=O)OCC(=O)N(C)Cc1ccccc1F)C2=O. The molecule has 1 heterocycles. The molecule has 0 bridgehead atoms. The molecular weight excluding hydrogens is 393 g/mol. The maximum atomic E-state index is 13.7. The largest absolute Gasteiger partial charge is 0.454 e. The van der Waals surface area contributed by atoms with Crippen molar-refractivity contribution in [2.75, 3.05) is 20.2 Å². The lowest BCUT2D eigenvalue weighted by Crippen LogP contribution is -2.54. The van der Waals surface area contributed by atoms with Crippen LogP contribution in [-0.2, 0) is 25.7 Å². The molecule has 0 unspecified atom stereocenters. The molecule has 0 radical (unpaired) electrons. The first-order valence-corrected chi connectivity index (χ1v) is 10.0. The Hall–Kier alpha value is -2.97. The molecule has 1 N–H and O–H groups in total. The highest BCUT2D eigenvalue weighted by Gasteiger charge is 2.55. The van der Waals surface area contributed by atoms with Crippen LogP contribution in [0, 0.1) is 11.7 Å². The van der Waals surface area contributed by atoms with Gasteiger partial charge in [0.2, 0.25) is 0 Å². The van der Waals surface area contributed by atoms with E-state index in [0.717, 1.165) is 24.2 Å². The van der Waals surface area contributed by atoms with Crippen LogP contribution in [0.1, 0.15) is 38.2 Å². The van der Waals surface area contributed by atoms with Gasteiger partial charge in [-0.2, -0.15) is 0 Å². The number of hydrogen-bond donors (Lipinski definition) is 1. The molecule has 2 atom stereocenters. The van der Waals surface area contributed by atoms with Crippen LogP contribution in [0.25, 0.3) is 0 Å². The van der Waals surface area contributed by atoms with E-state index in [-0.39, 0.29) is 12.5 Å². The number of halogens is 1. The lowest BCUT2D eigenvalue weighted by Gasteiger charge is -2.36. The fourth-order valence-corrected chi connectivity index (χ4v) is 4.04. The van der Waals surface area contributed by atoms with Crippen molar-refractivity contribution in [3.63, 3.8) is 0 Å². The average molecular weight is 419 g/mol. The summed E-state index contributed by atoms with van der Waals surface area (Å²) in [6.07, 6.45) is 3.20. The summed E-state index contributed by atoms with van der Waals surface area (Å²) in [6, 6.07) is 5.45. The maximum Gasteiger partial charge on any atom is 0.326 e. The topological polar surface area (TPSA) is 96.0 Å². The number of esters is 1. The predicted molar refractivity (Wildman–Crippen MR) is 104 cm³/mol. The van der Waals surface area contributed by atoms with Crippen LogP contribution in [0.4, 0.5) is 9.18 Å². The molecule has 0 aromatic heterocycles. The summed E-state index contributed by atoms with van der Waals surface area (Å²) in [7, 11) is 1.47. The molecule has 1 aliphatic heterocycles. The van der Waals surface area contributed by atoms with Crippen LogP contribution < -0.4 is 5.32 Å². The molecule has 1 aliphatic carbocycles. The number of benzene rings is 1. The van der Waals surface area contributed by atoms with Gasteiger partial charge in [0.05, 0.1) is 0 Å². The Morgan fingerprint density at radius 2 is 2.03 bits per heavy atom. The number of carbonyl (C=O) groups is 4. The summed E-state index contributed by atoms with van der Waals surface area (Å²) in [5.41, 5.74) is -0.614. The first-order valence-electron chi connectivity index (χ1n) is 10.0. The van der Waals surface area contributed by atoms with Crippen molar-refractivity contribution in [1.29, 1.82) is 0 Å². The summed E-state index contributed by atoms with van der Waals surface area (Å²) >= 11 is 0. The minimum Gasteiger partial charge on any atom is -0.454 e. The van der Waals surface area contributed by atoms with Gasteiger partial charge >= 0.3 is 12.0 Å². The Kier molecular flexibility index (Phi) is 6.38. The number of ether oxygens (including phenoxy) is 1. The second-order valence-corrected chi connectivity index (χ2v) is 7.94. The first-order chi connectivity index (χ1) is 14.2. The van der Waals surface area contributed by atoms with Gasteiger partial charge in [0.1, 0.15) is 17.9 Å². The molecule has 9 heteroatoms. The lowest BCUT2D eigenvalue weighted by atomic mass is 9.73. The van der Waals surface area contributed by atoms with E-state index in [4.69, 9.17) is 4.74 Å². The van der Waals surface area contributed by atoms with Crippen LogP contribution in [-0.4, -0.2) is 59.4 Å². The lowest BCUT2D eigenvalue weighted by molar-refractivity contribution is -0.153. The van der Waals surface area contributed by atoms with Gasteiger partial charge in [-0.3, -0.25) is 19.3 Å². The number of nitrogens with zero attached hydrogens (tertiary/aromatic N) is 2. The van der Waals surface area contributed by atoms with E-state index < -0.39 is 48.3 Å². The fourth-order valence-electron chi connectivity index (χ4n) is 4.04. The maximum absolute atomic E-state index is 13.7. The van der Waals surface area contributed by atoms with E-state index in [1.54, 1.807) is 18.2 Å². The number of amides is 4. The molecule has 3 rings (SSSR count). The summed E-state index contributed by atoms with van der Waals surface area (Å²) in [6.45, 7) is 0.831. The number of urea groups is 1. The highest BCUT2D eigenvalue weighted by atomic mass is 19.1. The first kappa shape index (κ1) is 21.7. The van der Waals surface area contributed by atoms with Gasteiger partial charge in [-0.25, -0.2) is 9.18 Å². The van der Waals surface area contributed by atoms with E-state index in [1.807, 2.05) is 6.92 Å². The minimum atomic E-state index is -0.953. The van der Waals surface area contributed by atoms with Crippen LogP contribution in [0.2, 0.25) is 0 Å². The van der Waals surface area contributed by atoms with Gasteiger partial charge in [0.25, 0.3) is 11.8 Å². The van der Waals surface area contributed by atoms with E-state index in [2.05, 4.69) is 5.32 Å². The van der Waals surface area contributed by atoms with Crippen LogP contribution >= 0.6 is 0 Å². The van der Waals surface area contributed by atoms with E-state index in [1.165, 1.54) is 18.0 Å². The molecule has 1 saturated heterocycles. The molecule has 1 aromatic carbocycles. The number of rotatable bonds is 6. The highest BCUT2D eigenvalue weighted by Crippen LogP contribution is 2.38. The summed E-state index contributed by atoms with van der Waals surface area (Å²) in [4.78, 5) is 51.6. The van der Waals surface area contributed by atoms with Crippen molar-refractivity contribution in [2.24, 2.45) is 5.92 Å². The molecule has 1 saturated carbocycles. The smallest absolute Gasteiger partial charge is 0.326 e. The number of imide groups is 1. The monoisotopic (exact) mass is 419 g/mol. The van der Waals surface area contributed by atoms with Crippen molar-refractivity contribution in [2.45, 2.75) is 44.7 Å². The average Bonchev–Trinajstić information content (AvgIpc) is 2.95. The molecule has 30 heavy (non-hydrogen) atoms. The molecule has 1 aromatic rings. The van der Waals surface area contributed by atoms with Crippen LogP contribution in [0.5, 0.6) is 0 Å². The second kappa shape index (κ2) is 8.81. The van der Waals surface area contributed by atoms with Gasteiger partial charge in [-0.05, 0) is 24.8 Å². The fraction of sp³-hybridized carbons (Fsp3) is 0.524. The Labute approximate surface area is 174 Å². The Morgan fingerprint density at radius 1 is 1.30 bits per heavy atom. The summed E-state index contributed by atoms with van der Waals surface area (Å²) in [5, 5.41) is 2.76. The Morgan fingerprint density at radius 3 is 2.73 bits per heavy atom. The standard InChI is InChI=1S/C21H26FN3O5/c1-14-7-5-6-10-21(14)19(28)25(20(29)23-21)12-18(27)30-13-17(26)24(2)11-15-8-3-4-9-16(15)22/h3-4,8-9,14H,5-7,10-13H2,1-2H3,(H,23,29)/t14-,21+/m1/s1. The Balaban J connectivity index is 1.52. The number of likely N-dealkylation sites (N-methyl/N-ethyl adjacent to an activating group) is 1. The summed E-state index contributed by atoms with van der Waals surface area (Å²) in [5.74, 6) is -2.25. The number of carbonyl (C=O) groups excluding carboxylic acids is 4. The number of nitrogens with one attached hydrogen (secondary N) is 1. The van der Waals surface area contributed by atoms with Gasteiger partial charge in [-0.15, -0.1) is 0 Å². The normalized spacial score (nSPS) is 23.4. The zero-order chi connectivity index (χ0) is 21.9. The summed E-state index contributed by atoms with van der Waals surface area (Å²) < 4.78 is 18.7. The molecule has 162 valence electrons. The van der Waals surface area contributed by atoms with Crippen LogP contribution in [0.15, 0.2) is 24.3 Å². The second-order valence-electron chi connectivity index (χ2n) is 7.94. The van der Waals surface area contributed by atoms with Crippen molar-refractivity contribution >= 4 is 23.8 Å². The molecular formula is C21H26FN3O5.